The van der Waals surface area contributed by atoms with Crippen LogP contribution in [0.25, 0.3) is 0 Å². The Balaban J connectivity index is 0.00000261. The summed E-state index contributed by atoms with van der Waals surface area (Å²) in [6, 6.07) is 8.03. The first-order valence-corrected chi connectivity index (χ1v) is 8.81. The van der Waals surface area contributed by atoms with Crippen molar-refractivity contribution in [3.8, 4) is 0 Å². The molecule has 1 amide bonds. The Morgan fingerprint density at radius 2 is 2.19 bits per heavy atom. The van der Waals surface area contributed by atoms with Crippen LogP contribution in [-0.2, 0) is 10.3 Å². The van der Waals surface area contributed by atoms with Crippen LogP contribution >= 0.6 is 39.9 Å². The second kappa shape index (κ2) is 8.97. The first-order valence-electron chi connectivity index (χ1n) is 7.64. The molecule has 0 fully saturated rings. The van der Waals surface area contributed by atoms with Crippen molar-refractivity contribution < 1.29 is 13.9 Å². The summed E-state index contributed by atoms with van der Waals surface area (Å²) in [5, 5.41) is 3.03. The highest BCUT2D eigenvalue weighted by Crippen LogP contribution is 2.33. The number of nitrogens with zero attached hydrogens (tertiary/aromatic N) is 2. The van der Waals surface area contributed by atoms with Crippen molar-refractivity contribution >= 4 is 57.4 Å². The number of carbonyl (C=O) groups is 1. The van der Waals surface area contributed by atoms with E-state index in [0.717, 1.165) is 4.47 Å². The average molecular weight is 478 g/mol. The molecular formula is C17H16BrCl2FN4O2. The molecule has 1 aliphatic rings. The molecule has 3 rings (SSSR count). The quantitative estimate of drug-likeness (QED) is 0.702. The third kappa shape index (κ3) is 4.95. The van der Waals surface area contributed by atoms with Gasteiger partial charge in [0.15, 0.2) is 0 Å². The van der Waals surface area contributed by atoms with Crippen LogP contribution in [-0.4, -0.2) is 36.6 Å². The van der Waals surface area contributed by atoms with Gasteiger partial charge >= 0.3 is 0 Å². The lowest BCUT2D eigenvalue weighted by Crippen LogP contribution is -2.41. The van der Waals surface area contributed by atoms with E-state index in [1.54, 1.807) is 30.3 Å². The Morgan fingerprint density at radius 3 is 2.81 bits per heavy atom. The van der Waals surface area contributed by atoms with Crippen LogP contribution in [0.3, 0.4) is 0 Å². The Morgan fingerprint density at radius 1 is 1.41 bits per heavy atom. The fraction of sp³-hybridized carbons (Fsp3) is 0.235. The lowest BCUT2D eigenvalue weighted by Gasteiger charge is -2.31. The van der Waals surface area contributed by atoms with Crippen LogP contribution in [0.1, 0.15) is 16.1 Å². The molecule has 0 spiro atoms. The van der Waals surface area contributed by atoms with E-state index < -0.39 is 18.1 Å². The fourth-order valence-electron chi connectivity index (χ4n) is 2.59. The SMILES string of the molecule is Cl.NC1=NC(CF)(c2cc(Cl)cc(NC(=O)c3ccc(Br)cn3)c2)COC1. The van der Waals surface area contributed by atoms with Gasteiger partial charge in [-0.15, -0.1) is 12.4 Å². The Labute approximate surface area is 174 Å². The summed E-state index contributed by atoms with van der Waals surface area (Å²) in [6.07, 6.45) is 1.52. The minimum atomic E-state index is -1.28. The number of benzene rings is 1. The van der Waals surface area contributed by atoms with Crippen LogP contribution in [0, 0.1) is 0 Å². The topological polar surface area (TPSA) is 89.6 Å². The van der Waals surface area contributed by atoms with Crippen LogP contribution < -0.4 is 11.1 Å². The first kappa shape index (κ1) is 21.6. The normalized spacial score (nSPS) is 19.0. The van der Waals surface area contributed by atoms with Gasteiger partial charge < -0.3 is 15.8 Å². The van der Waals surface area contributed by atoms with E-state index in [9.17, 15) is 9.18 Å². The van der Waals surface area contributed by atoms with Gasteiger partial charge in [0.1, 0.15) is 30.3 Å². The maximum atomic E-state index is 13.8. The second-order valence-electron chi connectivity index (χ2n) is 5.81. The lowest BCUT2D eigenvalue weighted by atomic mass is 9.91. The molecule has 0 saturated carbocycles. The molecule has 1 aromatic carbocycles. The maximum Gasteiger partial charge on any atom is 0.274 e. The molecule has 3 N–H and O–H groups in total. The van der Waals surface area contributed by atoms with E-state index in [2.05, 4.69) is 31.2 Å². The molecule has 1 atom stereocenters. The average Bonchev–Trinajstić information content (AvgIpc) is 2.61. The van der Waals surface area contributed by atoms with Gasteiger partial charge in [0, 0.05) is 21.4 Å². The molecule has 10 heteroatoms. The number of nitrogens with one attached hydrogen (secondary N) is 1. The number of nitrogens with two attached hydrogens (primary N) is 1. The van der Waals surface area contributed by atoms with Crippen molar-refractivity contribution in [1.82, 2.24) is 4.98 Å². The molecule has 6 nitrogen and oxygen atoms in total. The highest BCUT2D eigenvalue weighted by atomic mass is 79.9. The van der Waals surface area contributed by atoms with Crippen molar-refractivity contribution in [3.05, 3.63) is 57.3 Å². The summed E-state index contributed by atoms with van der Waals surface area (Å²) in [7, 11) is 0. The number of pyridine rings is 1. The predicted octanol–water partition coefficient (Wildman–Crippen LogP) is 3.72. The smallest absolute Gasteiger partial charge is 0.274 e. The number of aromatic nitrogens is 1. The molecule has 2 heterocycles. The van der Waals surface area contributed by atoms with Crippen molar-refractivity contribution in [1.29, 1.82) is 0 Å². The highest BCUT2D eigenvalue weighted by Gasteiger charge is 2.36. The minimum absolute atomic E-state index is 0. The second-order valence-corrected chi connectivity index (χ2v) is 7.16. The summed E-state index contributed by atoms with van der Waals surface area (Å²) < 4.78 is 19.9. The van der Waals surface area contributed by atoms with Gasteiger partial charge in [0.2, 0.25) is 0 Å². The molecule has 0 aliphatic carbocycles. The van der Waals surface area contributed by atoms with Crippen molar-refractivity contribution in [3.63, 3.8) is 0 Å². The highest BCUT2D eigenvalue weighted by molar-refractivity contribution is 9.10. The number of hydrogen-bond acceptors (Lipinski definition) is 5. The fourth-order valence-corrected chi connectivity index (χ4v) is 3.06. The molecule has 0 saturated heterocycles. The Bertz CT molecular complexity index is 867. The molecule has 1 aromatic heterocycles. The van der Waals surface area contributed by atoms with Gasteiger partial charge in [-0.05, 0) is 51.8 Å². The van der Waals surface area contributed by atoms with E-state index in [1.807, 2.05) is 0 Å². The zero-order valence-electron chi connectivity index (χ0n) is 13.9. The number of rotatable bonds is 4. The predicted molar refractivity (Wildman–Crippen MR) is 109 cm³/mol. The molecule has 0 radical (unpaired) electrons. The zero-order chi connectivity index (χ0) is 18.7. The lowest BCUT2D eigenvalue weighted by molar-refractivity contribution is 0.0828. The van der Waals surface area contributed by atoms with Gasteiger partial charge in [0.05, 0.1) is 6.61 Å². The molecular weight excluding hydrogens is 462 g/mol. The van der Waals surface area contributed by atoms with Crippen LogP contribution in [0.5, 0.6) is 0 Å². The molecule has 27 heavy (non-hydrogen) atoms. The zero-order valence-corrected chi connectivity index (χ0v) is 17.1. The van der Waals surface area contributed by atoms with Crippen molar-refractivity contribution in [2.45, 2.75) is 5.54 Å². The number of ether oxygens (including phenoxy) is 1. The monoisotopic (exact) mass is 476 g/mol. The Kier molecular flexibility index (Phi) is 7.16. The third-order valence-corrected chi connectivity index (χ3v) is 4.51. The van der Waals surface area contributed by atoms with Gasteiger partial charge in [-0.25, -0.2) is 9.37 Å². The number of aliphatic imine (C=N–C) groups is 1. The number of anilines is 1. The number of hydrogen-bond donors (Lipinski definition) is 2. The molecule has 1 aliphatic heterocycles. The number of amidine groups is 1. The summed E-state index contributed by atoms with van der Waals surface area (Å²) >= 11 is 9.42. The van der Waals surface area contributed by atoms with E-state index in [-0.39, 0.29) is 37.2 Å². The third-order valence-electron chi connectivity index (χ3n) is 3.82. The van der Waals surface area contributed by atoms with E-state index in [0.29, 0.717) is 16.3 Å². The molecule has 0 bridgehead atoms. The van der Waals surface area contributed by atoms with Gasteiger partial charge in [-0.3, -0.25) is 9.79 Å². The van der Waals surface area contributed by atoms with Crippen molar-refractivity contribution in [2.75, 3.05) is 25.2 Å². The largest absolute Gasteiger partial charge is 0.385 e. The number of alkyl halides is 1. The number of amides is 1. The van der Waals surface area contributed by atoms with E-state index in [1.165, 1.54) is 6.20 Å². The summed E-state index contributed by atoms with van der Waals surface area (Å²) in [4.78, 5) is 20.6. The maximum absolute atomic E-state index is 13.8. The van der Waals surface area contributed by atoms with Crippen LogP contribution in [0.15, 0.2) is 46.0 Å². The van der Waals surface area contributed by atoms with E-state index >= 15 is 0 Å². The van der Waals surface area contributed by atoms with E-state index in [4.69, 9.17) is 22.1 Å². The molecule has 2 aromatic rings. The van der Waals surface area contributed by atoms with Gasteiger partial charge in [-0.1, -0.05) is 11.6 Å². The Hall–Kier alpha value is -1.74. The molecule has 144 valence electrons. The number of halogens is 4. The first-order chi connectivity index (χ1) is 12.4. The summed E-state index contributed by atoms with van der Waals surface area (Å²) in [5.74, 6) is -0.207. The number of carbonyl (C=O) groups excluding carboxylic acids is 1. The van der Waals surface area contributed by atoms with Gasteiger partial charge in [0.25, 0.3) is 5.91 Å². The summed E-state index contributed by atoms with van der Waals surface area (Å²) in [5.41, 5.74) is 5.54. The van der Waals surface area contributed by atoms with Gasteiger partial charge in [-0.2, -0.15) is 0 Å². The summed E-state index contributed by atoms with van der Waals surface area (Å²) in [6.45, 7) is -0.622. The standard InChI is InChI=1S/C17H15BrClFN4O2.ClH/c18-11-1-2-14(22-6-11)16(25)23-13-4-10(3-12(19)5-13)17(8-20)9-26-7-15(21)24-17;/h1-6H,7-9H2,(H2,21,24)(H,23,25);1H. The van der Waals surface area contributed by atoms with Crippen molar-refractivity contribution in [2.24, 2.45) is 10.7 Å². The molecule has 1 unspecified atom stereocenters. The van der Waals surface area contributed by atoms with Crippen LogP contribution in [0.2, 0.25) is 5.02 Å². The minimum Gasteiger partial charge on any atom is -0.385 e. The van der Waals surface area contributed by atoms with Crippen LogP contribution in [0.4, 0.5) is 10.1 Å².